The molecule has 7 heteroatoms. The molecule has 2 aromatic rings. The Morgan fingerprint density at radius 3 is 2.83 bits per heavy atom. The Balaban J connectivity index is 1.18. The number of carbonyl (C=O) groups is 1. The van der Waals surface area contributed by atoms with Crippen molar-refractivity contribution in [2.24, 2.45) is 11.3 Å². The van der Waals surface area contributed by atoms with E-state index in [2.05, 4.69) is 32.0 Å². The first-order valence-electron chi connectivity index (χ1n) is 10.8. The van der Waals surface area contributed by atoms with E-state index < -0.39 is 0 Å². The molecule has 0 aromatic carbocycles. The van der Waals surface area contributed by atoms with Crippen molar-refractivity contribution in [3.8, 4) is 11.6 Å². The van der Waals surface area contributed by atoms with Crippen molar-refractivity contribution in [1.29, 1.82) is 0 Å². The Morgan fingerprint density at radius 2 is 2.07 bits per heavy atom. The summed E-state index contributed by atoms with van der Waals surface area (Å²) in [6.45, 7) is 2.70. The molecule has 3 fully saturated rings. The fourth-order valence-corrected chi connectivity index (χ4v) is 5.48. The van der Waals surface area contributed by atoms with Gasteiger partial charge in [0.15, 0.2) is 5.82 Å². The zero-order valence-corrected chi connectivity index (χ0v) is 17.1. The second-order valence-electron chi connectivity index (χ2n) is 9.25. The topological polar surface area (TPSA) is 75.4 Å². The summed E-state index contributed by atoms with van der Waals surface area (Å²) in [5.41, 5.74) is 0.873. The van der Waals surface area contributed by atoms with Gasteiger partial charge in [0, 0.05) is 37.7 Å². The van der Waals surface area contributed by atoms with Crippen LogP contribution in [0.15, 0.2) is 28.9 Å². The van der Waals surface area contributed by atoms with Crippen LogP contribution in [0, 0.1) is 11.3 Å². The van der Waals surface area contributed by atoms with Crippen molar-refractivity contribution in [2.45, 2.75) is 51.0 Å². The number of hydrogen-bond donors (Lipinski definition) is 0. The molecule has 2 aromatic heterocycles. The van der Waals surface area contributed by atoms with Gasteiger partial charge in [0.1, 0.15) is 5.69 Å². The van der Waals surface area contributed by atoms with Gasteiger partial charge >= 0.3 is 0 Å². The molecule has 7 nitrogen and oxygen atoms in total. The highest BCUT2D eigenvalue weighted by molar-refractivity contribution is 5.77. The average Bonchev–Trinajstić information content (AvgIpc) is 3.45. The quantitative estimate of drug-likeness (QED) is 0.773. The summed E-state index contributed by atoms with van der Waals surface area (Å²) in [6, 6.07) is 5.78. The summed E-state index contributed by atoms with van der Waals surface area (Å²) in [5.74, 6) is 2.30. The third kappa shape index (κ3) is 3.68. The molecule has 5 rings (SSSR count). The number of aromatic nitrogens is 3. The van der Waals surface area contributed by atoms with Gasteiger partial charge in [-0.2, -0.15) is 4.98 Å². The molecule has 2 aliphatic heterocycles. The van der Waals surface area contributed by atoms with E-state index in [1.165, 1.54) is 25.7 Å². The van der Waals surface area contributed by atoms with E-state index in [9.17, 15) is 4.79 Å². The molecule has 4 heterocycles. The fraction of sp³-hybridized carbons (Fsp3) is 0.636. The van der Waals surface area contributed by atoms with E-state index in [4.69, 9.17) is 4.52 Å². The SMILES string of the molecule is CN1CC2(CC1c1noc(-c3ccccn3)n1)CN(C(=O)CCC1CCCC1)C2. The highest BCUT2D eigenvalue weighted by Gasteiger charge is 2.52. The first-order chi connectivity index (χ1) is 14.1. The second-order valence-corrected chi connectivity index (χ2v) is 9.25. The largest absolute Gasteiger partial charge is 0.341 e. The lowest BCUT2D eigenvalue weighted by molar-refractivity contribution is -0.143. The highest BCUT2D eigenvalue weighted by Crippen LogP contribution is 2.47. The van der Waals surface area contributed by atoms with Crippen LogP contribution in [0.4, 0.5) is 0 Å². The lowest BCUT2D eigenvalue weighted by Crippen LogP contribution is -2.59. The Morgan fingerprint density at radius 1 is 1.24 bits per heavy atom. The molecule has 2 saturated heterocycles. The molecular formula is C22H29N5O2. The summed E-state index contributed by atoms with van der Waals surface area (Å²) in [6.07, 6.45) is 9.81. The van der Waals surface area contributed by atoms with Gasteiger partial charge in [-0.15, -0.1) is 0 Å². The maximum atomic E-state index is 12.6. The molecule has 0 bridgehead atoms. The Labute approximate surface area is 171 Å². The average molecular weight is 396 g/mol. The van der Waals surface area contributed by atoms with E-state index >= 15 is 0 Å². The summed E-state index contributed by atoms with van der Waals surface area (Å²) >= 11 is 0. The standard InChI is InChI=1S/C22H29N5O2/c1-26-13-22(14-27(15-22)19(28)10-9-16-6-2-3-7-16)12-18(26)20-24-21(29-25-20)17-8-4-5-11-23-17/h4-5,8,11,16,18H,2-3,6-7,9-10,12-15H2,1H3. The first-order valence-corrected chi connectivity index (χ1v) is 10.8. The predicted molar refractivity (Wildman–Crippen MR) is 108 cm³/mol. The number of nitrogens with zero attached hydrogens (tertiary/aromatic N) is 5. The van der Waals surface area contributed by atoms with Crippen LogP contribution in [0.2, 0.25) is 0 Å². The van der Waals surface area contributed by atoms with Crippen molar-refractivity contribution < 1.29 is 9.32 Å². The predicted octanol–water partition coefficient (Wildman–Crippen LogP) is 3.31. The third-order valence-electron chi connectivity index (χ3n) is 7.01. The number of hydrogen-bond acceptors (Lipinski definition) is 6. The van der Waals surface area contributed by atoms with Crippen molar-refractivity contribution in [3.05, 3.63) is 30.2 Å². The number of pyridine rings is 1. The zero-order chi connectivity index (χ0) is 19.8. The number of amides is 1. The van der Waals surface area contributed by atoms with Crippen molar-refractivity contribution in [3.63, 3.8) is 0 Å². The van der Waals surface area contributed by atoms with Crippen LogP contribution in [0.3, 0.4) is 0 Å². The summed E-state index contributed by atoms with van der Waals surface area (Å²) < 4.78 is 5.46. The molecule has 154 valence electrons. The monoisotopic (exact) mass is 395 g/mol. The van der Waals surface area contributed by atoms with E-state index in [0.717, 1.165) is 50.6 Å². The van der Waals surface area contributed by atoms with Crippen LogP contribution in [0.25, 0.3) is 11.6 Å². The maximum Gasteiger partial charge on any atom is 0.276 e. The molecule has 1 saturated carbocycles. The number of carbonyl (C=O) groups excluding carboxylic acids is 1. The Kier molecular flexibility index (Phi) is 4.86. The van der Waals surface area contributed by atoms with E-state index in [1.54, 1.807) is 6.20 Å². The highest BCUT2D eigenvalue weighted by atomic mass is 16.5. The zero-order valence-electron chi connectivity index (χ0n) is 17.1. The minimum Gasteiger partial charge on any atom is -0.341 e. The molecule has 1 aliphatic carbocycles. The molecule has 1 spiro atoms. The van der Waals surface area contributed by atoms with E-state index in [0.29, 0.717) is 17.5 Å². The Bertz CT molecular complexity index is 855. The summed E-state index contributed by atoms with van der Waals surface area (Å²) in [7, 11) is 2.11. The van der Waals surface area contributed by atoms with Crippen LogP contribution >= 0.6 is 0 Å². The summed E-state index contributed by atoms with van der Waals surface area (Å²) in [4.78, 5) is 25.8. The maximum absolute atomic E-state index is 12.6. The molecule has 1 amide bonds. The molecule has 3 aliphatic rings. The molecule has 29 heavy (non-hydrogen) atoms. The Hall–Kier alpha value is -2.28. The van der Waals surface area contributed by atoms with Crippen molar-refractivity contribution in [1.82, 2.24) is 24.9 Å². The first kappa shape index (κ1) is 18.7. The molecular weight excluding hydrogens is 366 g/mol. The fourth-order valence-electron chi connectivity index (χ4n) is 5.48. The van der Waals surface area contributed by atoms with Gasteiger partial charge in [-0.3, -0.25) is 14.7 Å². The van der Waals surface area contributed by atoms with Crippen LogP contribution in [-0.2, 0) is 4.79 Å². The van der Waals surface area contributed by atoms with Gasteiger partial charge in [-0.1, -0.05) is 36.9 Å². The molecule has 0 N–H and O–H groups in total. The smallest absolute Gasteiger partial charge is 0.276 e. The number of likely N-dealkylation sites (tertiary alicyclic amines) is 2. The van der Waals surface area contributed by atoms with Crippen molar-refractivity contribution in [2.75, 3.05) is 26.7 Å². The van der Waals surface area contributed by atoms with Gasteiger partial charge in [0.05, 0.1) is 6.04 Å². The van der Waals surface area contributed by atoms with E-state index in [1.807, 2.05) is 18.2 Å². The van der Waals surface area contributed by atoms with Gasteiger partial charge in [0.25, 0.3) is 5.89 Å². The summed E-state index contributed by atoms with van der Waals surface area (Å²) in [5, 5.41) is 4.23. The lowest BCUT2D eigenvalue weighted by atomic mass is 9.77. The van der Waals surface area contributed by atoms with Crippen LogP contribution in [0.1, 0.15) is 56.8 Å². The number of rotatable bonds is 5. The van der Waals surface area contributed by atoms with E-state index in [-0.39, 0.29) is 11.5 Å². The molecule has 1 atom stereocenters. The normalized spacial score (nSPS) is 24.3. The minimum absolute atomic E-state index is 0.131. The minimum atomic E-state index is 0.131. The third-order valence-corrected chi connectivity index (χ3v) is 7.01. The van der Waals surface area contributed by atoms with Gasteiger partial charge in [-0.25, -0.2) is 0 Å². The van der Waals surface area contributed by atoms with Crippen LogP contribution in [-0.4, -0.2) is 57.5 Å². The lowest BCUT2D eigenvalue weighted by Gasteiger charge is -2.48. The van der Waals surface area contributed by atoms with Gasteiger partial charge < -0.3 is 9.42 Å². The molecule has 0 radical (unpaired) electrons. The van der Waals surface area contributed by atoms with Gasteiger partial charge in [-0.05, 0) is 37.9 Å². The van der Waals surface area contributed by atoms with Crippen molar-refractivity contribution >= 4 is 5.91 Å². The van der Waals surface area contributed by atoms with Crippen LogP contribution < -0.4 is 0 Å². The second kappa shape index (κ2) is 7.52. The molecule has 1 unspecified atom stereocenters. The van der Waals surface area contributed by atoms with Gasteiger partial charge in [0.2, 0.25) is 5.91 Å². The van der Waals surface area contributed by atoms with Crippen LogP contribution in [0.5, 0.6) is 0 Å².